The van der Waals surface area contributed by atoms with Crippen LogP contribution in [-0.4, -0.2) is 26.7 Å². The number of benzene rings is 1. The summed E-state index contributed by atoms with van der Waals surface area (Å²) < 4.78 is 26.9. The van der Waals surface area contributed by atoms with E-state index in [1.165, 1.54) is 18.2 Å². The molecule has 0 saturated carbocycles. The lowest BCUT2D eigenvalue weighted by Gasteiger charge is -2.29. The molecule has 0 fully saturated rings. The monoisotopic (exact) mass is 296 g/mol. The van der Waals surface area contributed by atoms with Crippen LogP contribution in [0.25, 0.3) is 0 Å². The van der Waals surface area contributed by atoms with Crippen LogP contribution in [0.2, 0.25) is 0 Å². The standard InChI is InChI=1S/C14H20N2O3S/c1-3-14(4-2,11-17)10-16-20(18,19)13-7-5-6-12(8-13)9-15/h5-8,16-17H,3-4,10-11H2,1-2H3. The maximum atomic E-state index is 12.2. The Balaban J connectivity index is 2.93. The molecule has 1 aromatic carbocycles. The summed E-state index contributed by atoms with van der Waals surface area (Å²) in [6.07, 6.45) is 1.36. The molecule has 0 aliphatic carbocycles. The van der Waals surface area contributed by atoms with Crippen molar-refractivity contribution in [2.75, 3.05) is 13.2 Å². The van der Waals surface area contributed by atoms with Gasteiger partial charge >= 0.3 is 0 Å². The second kappa shape index (κ2) is 6.84. The van der Waals surface area contributed by atoms with Crippen LogP contribution >= 0.6 is 0 Å². The normalized spacial score (nSPS) is 12.1. The van der Waals surface area contributed by atoms with E-state index in [4.69, 9.17) is 5.26 Å². The maximum absolute atomic E-state index is 12.2. The molecule has 1 aromatic rings. The van der Waals surface area contributed by atoms with Gasteiger partial charge < -0.3 is 5.11 Å². The molecule has 1 rings (SSSR count). The lowest BCUT2D eigenvalue weighted by molar-refractivity contribution is 0.119. The van der Waals surface area contributed by atoms with E-state index < -0.39 is 15.4 Å². The summed E-state index contributed by atoms with van der Waals surface area (Å²) in [5, 5.41) is 18.3. The Morgan fingerprint density at radius 1 is 1.35 bits per heavy atom. The minimum Gasteiger partial charge on any atom is -0.396 e. The molecule has 0 radical (unpaired) electrons. The molecular weight excluding hydrogens is 276 g/mol. The third-order valence-corrected chi connectivity index (χ3v) is 5.14. The van der Waals surface area contributed by atoms with Gasteiger partial charge in [-0.1, -0.05) is 19.9 Å². The first-order valence-corrected chi connectivity index (χ1v) is 8.02. The van der Waals surface area contributed by atoms with Crippen molar-refractivity contribution in [2.24, 2.45) is 5.41 Å². The molecule has 0 bridgehead atoms. The van der Waals surface area contributed by atoms with Crippen molar-refractivity contribution in [3.8, 4) is 6.07 Å². The molecule has 0 amide bonds. The van der Waals surface area contributed by atoms with Crippen LogP contribution in [0.1, 0.15) is 32.3 Å². The highest BCUT2D eigenvalue weighted by atomic mass is 32.2. The molecule has 5 nitrogen and oxygen atoms in total. The van der Waals surface area contributed by atoms with Crippen molar-refractivity contribution in [1.82, 2.24) is 4.72 Å². The highest BCUT2D eigenvalue weighted by Gasteiger charge is 2.27. The van der Waals surface area contributed by atoms with Gasteiger partial charge in [0.05, 0.1) is 16.5 Å². The van der Waals surface area contributed by atoms with Crippen LogP contribution in [-0.2, 0) is 10.0 Å². The van der Waals surface area contributed by atoms with Crippen molar-refractivity contribution in [3.63, 3.8) is 0 Å². The molecule has 0 unspecified atom stereocenters. The zero-order chi connectivity index (χ0) is 15.2. The number of rotatable bonds is 7. The first-order valence-electron chi connectivity index (χ1n) is 6.53. The molecule has 110 valence electrons. The van der Waals surface area contributed by atoms with Crippen LogP contribution in [0.5, 0.6) is 0 Å². The average Bonchev–Trinajstić information content (AvgIpc) is 2.49. The summed E-state index contributed by atoms with van der Waals surface area (Å²) in [5.41, 5.74) is -0.146. The SMILES string of the molecule is CCC(CC)(CO)CNS(=O)(=O)c1cccc(C#N)c1. The fourth-order valence-corrected chi connectivity index (χ4v) is 3.05. The minimum atomic E-state index is -3.67. The fourth-order valence-electron chi connectivity index (χ4n) is 1.84. The van der Waals surface area contributed by atoms with Gasteiger partial charge in [-0.05, 0) is 31.0 Å². The largest absolute Gasteiger partial charge is 0.396 e. The second-order valence-electron chi connectivity index (χ2n) is 4.83. The van der Waals surface area contributed by atoms with E-state index in [1.54, 1.807) is 6.07 Å². The minimum absolute atomic E-state index is 0.0654. The van der Waals surface area contributed by atoms with Crippen molar-refractivity contribution < 1.29 is 13.5 Å². The Labute approximate surface area is 120 Å². The Bertz CT molecular complexity index is 578. The smallest absolute Gasteiger partial charge is 0.240 e. The summed E-state index contributed by atoms with van der Waals surface area (Å²) in [7, 11) is -3.67. The van der Waals surface area contributed by atoms with E-state index >= 15 is 0 Å². The van der Waals surface area contributed by atoms with Crippen LogP contribution in [0.4, 0.5) is 0 Å². The zero-order valence-corrected chi connectivity index (χ0v) is 12.6. The highest BCUT2D eigenvalue weighted by Crippen LogP contribution is 2.25. The predicted octanol–water partition coefficient (Wildman–Crippen LogP) is 1.64. The summed E-state index contributed by atoms with van der Waals surface area (Å²) in [5.74, 6) is 0. The van der Waals surface area contributed by atoms with Gasteiger partial charge in [0.15, 0.2) is 0 Å². The Morgan fingerprint density at radius 3 is 2.50 bits per heavy atom. The quantitative estimate of drug-likeness (QED) is 0.800. The number of hydrogen-bond acceptors (Lipinski definition) is 4. The van der Waals surface area contributed by atoms with Gasteiger partial charge in [0, 0.05) is 18.6 Å². The van der Waals surface area contributed by atoms with E-state index in [0.29, 0.717) is 18.4 Å². The summed E-state index contributed by atoms with van der Waals surface area (Å²) in [6, 6.07) is 7.78. The van der Waals surface area contributed by atoms with Gasteiger partial charge in [-0.2, -0.15) is 5.26 Å². The molecule has 20 heavy (non-hydrogen) atoms. The summed E-state index contributed by atoms with van der Waals surface area (Å²) in [4.78, 5) is 0.0654. The summed E-state index contributed by atoms with van der Waals surface area (Å²) in [6.45, 7) is 3.95. The fraction of sp³-hybridized carbons (Fsp3) is 0.500. The first kappa shape index (κ1) is 16.6. The molecule has 0 aliphatic rings. The number of sulfonamides is 1. The number of aliphatic hydroxyl groups is 1. The molecule has 2 N–H and O–H groups in total. The van der Waals surface area contributed by atoms with Gasteiger partial charge in [0.2, 0.25) is 10.0 Å². The lowest BCUT2D eigenvalue weighted by atomic mass is 9.84. The number of aliphatic hydroxyl groups excluding tert-OH is 1. The Kier molecular flexibility index (Phi) is 5.69. The van der Waals surface area contributed by atoms with Crippen LogP contribution in [0.15, 0.2) is 29.2 Å². The first-order chi connectivity index (χ1) is 9.43. The number of hydrogen-bond donors (Lipinski definition) is 2. The lowest BCUT2D eigenvalue weighted by Crippen LogP contribution is -2.39. The molecule has 0 atom stereocenters. The van der Waals surface area contributed by atoms with Crippen molar-refractivity contribution in [3.05, 3.63) is 29.8 Å². The number of nitrogens with zero attached hydrogens (tertiary/aromatic N) is 1. The van der Waals surface area contributed by atoms with Gasteiger partial charge in [-0.3, -0.25) is 0 Å². The second-order valence-corrected chi connectivity index (χ2v) is 6.60. The number of nitrogens with one attached hydrogen (secondary N) is 1. The van der Waals surface area contributed by atoms with E-state index in [0.717, 1.165) is 0 Å². The van der Waals surface area contributed by atoms with Crippen molar-refractivity contribution in [1.29, 1.82) is 5.26 Å². The molecule has 0 heterocycles. The average molecular weight is 296 g/mol. The third-order valence-electron chi connectivity index (χ3n) is 3.75. The number of nitriles is 1. The zero-order valence-electron chi connectivity index (χ0n) is 11.8. The Morgan fingerprint density at radius 2 is 2.00 bits per heavy atom. The maximum Gasteiger partial charge on any atom is 0.240 e. The van der Waals surface area contributed by atoms with Crippen molar-refractivity contribution >= 4 is 10.0 Å². The van der Waals surface area contributed by atoms with Gasteiger partial charge in [-0.15, -0.1) is 0 Å². The van der Waals surface area contributed by atoms with Gasteiger partial charge in [0.25, 0.3) is 0 Å². The summed E-state index contributed by atoms with van der Waals surface area (Å²) >= 11 is 0. The van der Waals surface area contributed by atoms with Gasteiger partial charge in [0.1, 0.15) is 0 Å². The molecular formula is C14H20N2O3S. The van der Waals surface area contributed by atoms with E-state index in [1.807, 2.05) is 19.9 Å². The van der Waals surface area contributed by atoms with Crippen LogP contribution < -0.4 is 4.72 Å². The highest BCUT2D eigenvalue weighted by molar-refractivity contribution is 7.89. The molecule has 0 saturated heterocycles. The van der Waals surface area contributed by atoms with E-state index in [9.17, 15) is 13.5 Å². The molecule has 6 heteroatoms. The molecule has 0 spiro atoms. The van der Waals surface area contributed by atoms with Crippen LogP contribution in [0.3, 0.4) is 0 Å². The van der Waals surface area contributed by atoms with Crippen LogP contribution in [0, 0.1) is 16.7 Å². The predicted molar refractivity (Wildman–Crippen MR) is 76.4 cm³/mol. The molecule has 0 aliphatic heterocycles. The van der Waals surface area contributed by atoms with Crippen molar-refractivity contribution in [2.45, 2.75) is 31.6 Å². The Hall–Kier alpha value is -1.42. The third kappa shape index (κ3) is 3.79. The topological polar surface area (TPSA) is 90.2 Å². The van der Waals surface area contributed by atoms with Gasteiger partial charge in [-0.25, -0.2) is 13.1 Å². The van der Waals surface area contributed by atoms with E-state index in [-0.39, 0.29) is 18.0 Å². The molecule has 0 aromatic heterocycles. The van der Waals surface area contributed by atoms with E-state index in [2.05, 4.69) is 4.72 Å².